The van der Waals surface area contributed by atoms with Crippen LogP contribution in [0.15, 0.2) is 34.9 Å². The number of para-hydroxylation sites is 1. The number of aromatic nitrogens is 1. The third-order valence-corrected chi connectivity index (χ3v) is 4.90. The molecule has 2 aromatic rings. The number of carbonyl (C=O) groups excluding carboxylic acids is 3. The molecular weight excluding hydrogens is 382 g/mol. The van der Waals surface area contributed by atoms with Crippen molar-refractivity contribution in [2.45, 2.75) is 39.0 Å². The highest BCUT2D eigenvalue weighted by atomic mass is 32.2. The number of esters is 1. The Kier molecular flexibility index (Phi) is 7.62. The van der Waals surface area contributed by atoms with E-state index < -0.39 is 23.2 Å². The maximum absolute atomic E-state index is 12.2. The zero-order valence-corrected chi connectivity index (χ0v) is 17.0. The second-order valence-electron chi connectivity index (χ2n) is 6.20. The van der Waals surface area contributed by atoms with E-state index in [-0.39, 0.29) is 11.7 Å². The first-order valence-electron chi connectivity index (χ1n) is 8.68. The van der Waals surface area contributed by atoms with Crippen LogP contribution in [0.4, 0.5) is 11.5 Å². The van der Waals surface area contributed by atoms with Crippen molar-refractivity contribution in [3.63, 3.8) is 0 Å². The molecule has 0 aliphatic heterocycles. The summed E-state index contributed by atoms with van der Waals surface area (Å²) in [5.74, 6) is -0.462. The molecule has 2 rings (SSSR count). The number of rotatable bonds is 8. The molecule has 2 amide bonds. The molecule has 8 nitrogen and oxygen atoms in total. The third kappa shape index (κ3) is 6.41. The van der Waals surface area contributed by atoms with Crippen molar-refractivity contribution in [1.29, 1.82) is 0 Å². The largest absolute Gasteiger partial charge is 0.452 e. The van der Waals surface area contributed by atoms with E-state index in [1.807, 2.05) is 25.1 Å². The van der Waals surface area contributed by atoms with Gasteiger partial charge in [-0.2, -0.15) is 0 Å². The summed E-state index contributed by atoms with van der Waals surface area (Å²) in [6.45, 7) is 6.75. The molecule has 2 N–H and O–H groups in total. The predicted octanol–water partition coefficient (Wildman–Crippen LogP) is 2.92. The van der Waals surface area contributed by atoms with Gasteiger partial charge < -0.3 is 19.9 Å². The highest BCUT2D eigenvalue weighted by molar-refractivity contribution is 8.01. The maximum atomic E-state index is 12.2. The number of aryl methyl sites for hydroxylation is 2. The number of ether oxygens (including phenoxy) is 1. The summed E-state index contributed by atoms with van der Waals surface area (Å²) in [4.78, 5) is 36.2. The zero-order chi connectivity index (χ0) is 20.7. The molecule has 0 aliphatic carbocycles. The van der Waals surface area contributed by atoms with Crippen LogP contribution >= 0.6 is 11.8 Å². The summed E-state index contributed by atoms with van der Waals surface area (Å²) in [5, 5.41) is 8.49. The molecule has 1 heterocycles. The van der Waals surface area contributed by atoms with Crippen LogP contribution in [0.2, 0.25) is 0 Å². The fourth-order valence-electron chi connectivity index (χ4n) is 2.15. The Morgan fingerprint density at radius 3 is 2.50 bits per heavy atom. The lowest BCUT2D eigenvalue weighted by atomic mass is 10.2. The van der Waals surface area contributed by atoms with Crippen LogP contribution in [0.3, 0.4) is 0 Å². The average molecular weight is 405 g/mol. The minimum atomic E-state index is -0.949. The smallest absolute Gasteiger partial charge is 0.316 e. The van der Waals surface area contributed by atoms with Gasteiger partial charge in [0.05, 0.1) is 11.0 Å². The second-order valence-corrected chi connectivity index (χ2v) is 7.53. The molecule has 1 aromatic carbocycles. The quantitative estimate of drug-likeness (QED) is 0.650. The van der Waals surface area contributed by atoms with Gasteiger partial charge in [-0.25, -0.2) is 0 Å². The van der Waals surface area contributed by atoms with Gasteiger partial charge in [0.1, 0.15) is 5.76 Å². The van der Waals surface area contributed by atoms with Crippen LogP contribution in [0.25, 0.3) is 0 Å². The van der Waals surface area contributed by atoms with Crippen LogP contribution in [0.5, 0.6) is 0 Å². The summed E-state index contributed by atoms with van der Waals surface area (Å²) >= 11 is 1.10. The first-order chi connectivity index (χ1) is 13.3. The molecular formula is C19H23N3O5S. The van der Waals surface area contributed by atoms with Crippen molar-refractivity contribution in [1.82, 2.24) is 5.16 Å². The van der Waals surface area contributed by atoms with Crippen LogP contribution in [0, 0.1) is 13.8 Å². The number of nitrogens with zero attached hydrogens (tertiary/aromatic N) is 1. The van der Waals surface area contributed by atoms with Crippen molar-refractivity contribution in [2.24, 2.45) is 0 Å². The van der Waals surface area contributed by atoms with Crippen LogP contribution in [-0.4, -0.2) is 40.0 Å². The molecule has 28 heavy (non-hydrogen) atoms. The molecule has 0 aliphatic rings. The number of anilines is 2. The summed E-state index contributed by atoms with van der Waals surface area (Å²) in [5.41, 5.74) is 1.57. The fraction of sp³-hybridized carbons (Fsp3) is 0.368. The van der Waals surface area contributed by atoms with E-state index in [4.69, 9.17) is 9.26 Å². The molecule has 150 valence electrons. The van der Waals surface area contributed by atoms with E-state index in [1.165, 1.54) is 6.92 Å². The number of carbonyl (C=O) groups is 3. The van der Waals surface area contributed by atoms with Crippen molar-refractivity contribution in [3.05, 3.63) is 41.7 Å². The van der Waals surface area contributed by atoms with Gasteiger partial charge in [0.2, 0.25) is 5.91 Å². The highest BCUT2D eigenvalue weighted by Crippen LogP contribution is 2.16. The number of amides is 2. The standard InChI is InChI=1S/C19H23N3O5S/c1-11-7-5-6-8-15(11)20-18(24)13(3)26-17(23)10-28-14(4)19(25)21-16-9-12(2)27-22-16/h5-9,13-14H,10H2,1-4H3,(H,20,24)(H,21,22,25)/t13-,14+/m0/s1. The van der Waals surface area contributed by atoms with E-state index in [0.717, 1.165) is 17.3 Å². The maximum Gasteiger partial charge on any atom is 0.316 e. The summed E-state index contributed by atoms with van der Waals surface area (Å²) in [6.07, 6.45) is -0.949. The Balaban J connectivity index is 1.75. The van der Waals surface area contributed by atoms with Gasteiger partial charge in [-0.1, -0.05) is 23.4 Å². The average Bonchev–Trinajstić information content (AvgIpc) is 3.06. The lowest BCUT2D eigenvalue weighted by Gasteiger charge is -2.15. The van der Waals surface area contributed by atoms with Crippen LogP contribution in [-0.2, 0) is 19.1 Å². The molecule has 0 saturated heterocycles. The Morgan fingerprint density at radius 2 is 1.86 bits per heavy atom. The molecule has 0 fully saturated rings. The topological polar surface area (TPSA) is 111 Å². The lowest BCUT2D eigenvalue weighted by Crippen LogP contribution is -2.31. The minimum absolute atomic E-state index is 0.0611. The summed E-state index contributed by atoms with van der Waals surface area (Å²) in [6, 6.07) is 8.91. The number of benzene rings is 1. The predicted molar refractivity (Wildman–Crippen MR) is 107 cm³/mol. The van der Waals surface area contributed by atoms with Crippen molar-refractivity contribution >= 4 is 41.1 Å². The van der Waals surface area contributed by atoms with E-state index in [9.17, 15) is 14.4 Å². The Labute approximate surface area is 167 Å². The summed E-state index contributed by atoms with van der Waals surface area (Å²) < 4.78 is 10.0. The monoisotopic (exact) mass is 405 g/mol. The first kappa shape index (κ1) is 21.5. The van der Waals surface area contributed by atoms with Crippen molar-refractivity contribution in [3.8, 4) is 0 Å². The van der Waals surface area contributed by atoms with Crippen molar-refractivity contribution in [2.75, 3.05) is 16.4 Å². The molecule has 9 heteroatoms. The molecule has 0 saturated carbocycles. The number of thioether (sulfide) groups is 1. The zero-order valence-electron chi connectivity index (χ0n) is 16.1. The number of hydrogen-bond acceptors (Lipinski definition) is 7. The number of hydrogen-bond donors (Lipinski definition) is 2. The normalized spacial score (nSPS) is 12.7. The Bertz CT molecular complexity index is 852. The van der Waals surface area contributed by atoms with E-state index >= 15 is 0 Å². The molecule has 0 spiro atoms. The molecule has 0 unspecified atom stereocenters. The van der Waals surface area contributed by atoms with Gasteiger partial charge >= 0.3 is 5.97 Å². The van der Waals surface area contributed by atoms with E-state index in [1.54, 1.807) is 26.0 Å². The van der Waals surface area contributed by atoms with Crippen LogP contribution < -0.4 is 10.6 Å². The molecule has 0 radical (unpaired) electrons. The lowest BCUT2D eigenvalue weighted by molar-refractivity contribution is -0.150. The number of nitrogens with one attached hydrogen (secondary N) is 2. The first-order valence-corrected chi connectivity index (χ1v) is 9.73. The molecule has 0 bridgehead atoms. The minimum Gasteiger partial charge on any atom is -0.452 e. The Hall–Kier alpha value is -2.81. The second kappa shape index (κ2) is 9.93. The van der Waals surface area contributed by atoms with Gasteiger partial charge in [-0.3, -0.25) is 14.4 Å². The van der Waals surface area contributed by atoms with E-state index in [0.29, 0.717) is 17.3 Å². The summed E-state index contributed by atoms with van der Waals surface area (Å²) in [7, 11) is 0. The van der Waals surface area contributed by atoms with Crippen molar-refractivity contribution < 1.29 is 23.6 Å². The Morgan fingerprint density at radius 1 is 1.14 bits per heavy atom. The fourth-order valence-corrected chi connectivity index (χ4v) is 2.82. The third-order valence-electron chi connectivity index (χ3n) is 3.78. The van der Waals surface area contributed by atoms with Crippen LogP contribution in [0.1, 0.15) is 25.2 Å². The van der Waals surface area contributed by atoms with Gasteiger partial charge in [0.25, 0.3) is 5.91 Å². The highest BCUT2D eigenvalue weighted by Gasteiger charge is 2.21. The van der Waals surface area contributed by atoms with E-state index in [2.05, 4.69) is 15.8 Å². The SMILES string of the molecule is Cc1cc(NC(=O)[C@@H](C)SCC(=O)O[C@@H](C)C(=O)Nc2ccccc2C)no1. The molecule has 1 aromatic heterocycles. The van der Waals surface area contributed by atoms with Gasteiger partial charge in [-0.05, 0) is 39.3 Å². The van der Waals surface area contributed by atoms with Gasteiger partial charge in [0.15, 0.2) is 11.9 Å². The van der Waals surface area contributed by atoms with Gasteiger partial charge in [0, 0.05) is 11.8 Å². The molecule has 2 atom stereocenters. The van der Waals surface area contributed by atoms with Gasteiger partial charge in [-0.15, -0.1) is 11.8 Å².